The molecule has 0 N–H and O–H groups in total. The predicted octanol–water partition coefficient (Wildman–Crippen LogP) is 5.72. The lowest BCUT2D eigenvalue weighted by molar-refractivity contribution is -0.274. The van der Waals surface area contributed by atoms with Crippen molar-refractivity contribution in [2.24, 2.45) is 0 Å². The van der Waals surface area contributed by atoms with Crippen LogP contribution in [-0.2, 0) is 16.1 Å². The Balaban J connectivity index is 1.20. The molecule has 3 aliphatic rings. The van der Waals surface area contributed by atoms with Crippen LogP contribution in [0.15, 0.2) is 34.9 Å². The molecule has 3 aromatic rings. The molecule has 3 atom stereocenters. The van der Waals surface area contributed by atoms with Crippen LogP contribution in [0.1, 0.15) is 71.9 Å². The summed E-state index contributed by atoms with van der Waals surface area (Å²) in [5.74, 6) is 0.542. The van der Waals surface area contributed by atoms with E-state index in [1.54, 1.807) is 18.2 Å². The Morgan fingerprint density at radius 3 is 2.50 bits per heavy atom. The summed E-state index contributed by atoms with van der Waals surface area (Å²) in [6.07, 6.45) is 0.330. The normalized spacial score (nSPS) is 22.4. The van der Waals surface area contributed by atoms with Crippen molar-refractivity contribution in [3.63, 3.8) is 0 Å². The van der Waals surface area contributed by atoms with E-state index >= 15 is 0 Å². The zero-order valence-corrected chi connectivity index (χ0v) is 22.1. The van der Waals surface area contributed by atoms with Gasteiger partial charge in [0, 0.05) is 34.8 Å². The number of benzene rings is 1. The number of nitrogens with zero attached hydrogens (tertiary/aromatic N) is 4. The smallest absolute Gasteiger partial charge is 0.464 e. The molecule has 12 heteroatoms. The zero-order chi connectivity index (χ0) is 28.0. The van der Waals surface area contributed by atoms with Crippen LogP contribution in [0.4, 0.5) is 19.1 Å². The van der Waals surface area contributed by atoms with E-state index in [0.29, 0.717) is 28.7 Å². The number of hydrogen-bond donors (Lipinski definition) is 0. The Labute approximate surface area is 228 Å². The van der Waals surface area contributed by atoms with Gasteiger partial charge in [-0.1, -0.05) is 17.3 Å². The minimum atomic E-state index is -4.83. The summed E-state index contributed by atoms with van der Waals surface area (Å²) in [4.78, 5) is 23.4. The van der Waals surface area contributed by atoms with Crippen molar-refractivity contribution in [2.45, 2.75) is 82.5 Å². The van der Waals surface area contributed by atoms with Gasteiger partial charge in [0.1, 0.15) is 17.2 Å². The average Bonchev–Trinajstić information content (AvgIpc) is 3.61. The monoisotopic (exact) mass is 558 g/mol. The van der Waals surface area contributed by atoms with E-state index in [9.17, 15) is 18.0 Å². The summed E-state index contributed by atoms with van der Waals surface area (Å²) in [6.45, 7) is 1.99. The number of carbonyl (C=O) groups is 1. The first kappa shape index (κ1) is 26.5. The number of hydrogen-bond acceptors (Lipinski definition) is 9. The summed E-state index contributed by atoms with van der Waals surface area (Å²) >= 11 is 0. The van der Waals surface area contributed by atoms with Crippen molar-refractivity contribution >= 4 is 11.9 Å². The lowest BCUT2D eigenvalue weighted by atomic mass is 9.99. The number of carbonyl (C=O) groups excluding carboxylic acids is 1. The third-order valence-electron chi connectivity index (χ3n) is 7.76. The number of anilines is 1. The van der Waals surface area contributed by atoms with Crippen molar-refractivity contribution < 1.29 is 36.7 Å². The minimum absolute atomic E-state index is 0.0740. The number of ether oxygens (including phenoxy) is 3. The van der Waals surface area contributed by atoms with Gasteiger partial charge >= 0.3 is 12.3 Å². The van der Waals surface area contributed by atoms with Gasteiger partial charge < -0.3 is 23.6 Å². The van der Waals surface area contributed by atoms with Crippen molar-refractivity contribution in [3.8, 4) is 17.0 Å². The molecular weight excluding hydrogens is 529 g/mol. The van der Waals surface area contributed by atoms with Crippen LogP contribution in [0.2, 0.25) is 0 Å². The zero-order valence-electron chi connectivity index (χ0n) is 22.1. The highest BCUT2D eigenvalue weighted by Crippen LogP contribution is 2.46. The molecule has 1 saturated carbocycles. The van der Waals surface area contributed by atoms with Gasteiger partial charge in [-0.05, 0) is 63.6 Å². The fourth-order valence-electron chi connectivity index (χ4n) is 5.88. The van der Waals surface area contributed by atoms with Gasteiger partial charge in [0.2, 0.25) is 5.95 Å². The molecule has 6 rings (SSSR count). The minimum Gasteiger partial charge on any atom is -0.464 e. The number of halogens is 3. The van der Waals surface area contributed by atoms with E-state index in [0.717, 1.165) is 38.5 Å². The molecule has 3 fully saturated rings. The van der Waals surface area contributed by atoms with Crippen molar-refractivity contribution in [1.29, 1.82) is 0 Å². The van der Waals surface area contributed by atoms with E-state index in [1.165, 1.54) is 19.2 Å². The lowest BCUT2D eigenvalue weighted by Gasteiger charge is -2.39. The first-order chi connectivity index (χ1) is 19.2. The third-order valence-corrected chi connectivity index (χ3v) is 7.76. The highest BCUT2D eigenvalue weighted by Gasteiger charge is 2.43. The van der Waals surface area contributed by atoms with E-state index in [1.807, 2.05) is 6.92 Å². The van der Waals surface area contributed by atoms with Crippen molar-refractivity contribution in [2.75, 3.05) is 12.0 Å². The van der Waals surface area contributed by atoms with Crippen molar-refractivity contribution in [1.82, 2.24) is 15.1 Å². The maximum absolute atomic E-state index is 13.1. The molecule has 0 spiro atoms. The number of para-hydroxylation sites is 1. The van der Waals surface area contributed by atoms with Crippen LogP contribution in [0.25, 0.3) is 11.3 Å². The summed E-state index contributed by atoms with van der Waals surface area (Å²) in [7, 11) is 1.32. The summed E-state index contributed by atoms with van der Waals surface area (Å²) in [5.41, 5.74) is 2.10. The van der Waals surface area contributed by atoms with E-state index in [-0.39, 0.29) is 47.7 Å². The Morgan fingerprint density at radius 1 is 1.10 bits per heavy atom. The molecule has 40 heavy (non-hydrogen) atoms. The molecule has 2 bridgehead atoms. The van der Waals surface area contributed by atoms with Gasteiger partial charge in [0.05, 0.1) is 19.8 Å². The number of piperidine rings is 1. The van der Waals surface area contributed by atoms with Gasteiger partial charge in [-0.25, -0.2) is 14.8 Å². The first-order valence-electron chi connectivity index (χ1n) is 13.4. The second kappa shape index (κ2) is 10.4. The highest BCUT2D eigenvalue weighted by atomic mass is 19.4. The summed E-state index contributed by atoms with van der Waals surface area (Å²) in [5, 5.41) is 4.17. The molecule has 212 valence electrons. The topological polar surface area (TPSA) is 99.8 Å². The van der Waals surface area contributed by atoms with Gasteiger partial charge in [-0.2, -0.15) is 0 Å². The SMILES string of the molecule is COC(=O)c1cc(C)nc(N2[C@@H]3CC[C@H]2CC(OCc2c(-c4ccccc4OC(F)(F)F)noc2C2CC2)C3)n1. The number of aryl methyl sites for hydroxylation is 1. The van der Waals surface area contributed by atoms with E-state index in [4.69, 9.17) is 14.0 Å². The largest absolute Gasteiger partial charge is 0.573 e. The van der Waals surface area contributed by atoms with Crippen LogP contribution in [-0.4, -0.2) is 52.8 Å². The van der Waals surface area contributed by atoms with E-state index < -0.39 is 12.3 Å². The van der Waals surface area contributed by atoms with Gasteiger partial charge in [-0.15, -0.1) is 13.2 Å². The summed E-state index contributed by atoms with van der Waals surface area (Å²) in [6, 6.07) is 7.83. The molecule has 4 heterocycles. The number of esters is 1. The van der Waals surface area contributed by atoms with E-state index in [2.05, 4.69) is 24.8 Å². The molecule has 1 aliphatic carbocycles. The Kier molecular flexibility index (Phi) is 6.89. The predicted molar refractivity (Wildman–Crippen MR) is 136 cm³/mol. The Bertz CT molecular complexity index is 1390. The molecule has 2 saturated heterocycles. The standard InChI is InChI=1S/C28H29F3N4O5/c1-15-11-22(26(36)37-2)33-27(32-15)35-17-9-10-18(35)13-19(12-17)38-14-21-24(34-40-25(21)16-7-8-16)20-5-3-4-6-23(20)39-28(29,30)31/h3-6,11,16-19H,7-10,12-14H2,1-2H3/t17-,18+,19?. The fraction of sp³-hybridized carbons (Fsp3) is 0.500. The number of rotatable bonds is 8. The molecule has 1 unspecified atom stereocenters. The number of fused-ring (bicyclic) bond motifs is 2. The average molecular weight is 559 g/mol. The lowest BCUT2D eigenvalue weighted by Crippen LogP contribution is -2.46. The first-order valence-corrected chi connectivity index (χ1v) is 13.4. The molecule has 9 nitrogen and oxygen atoms in total. The fourth-order valence-corrected chi connectivity index (χ4v) is 5.88. The maximum Gasteiger partial charge on any atom is 0.573 e. The molecule has 0 radical (unpaired) electrons. The second-order valence-electron chi connectivity index (χ2n) is 10.6. The number of methoxy groups -OCH3 is 1. The third kappa shape index (κ3) is 5.36. The number of alkyl halides is 3. The van der Waals surface area contributed by atoms with Crippen LogP contribution >= 0.6 is 0 Å². The maximum atomic E-state index is 13.1. The molecule has 2 aromatic heterocycles. The molecule has 2 aliphatic heterocycles. The molecule has 1 aromatic carbocycles. The number of aromatic nitrogens is 3. The van der Waals surface area contributed by atoms with Crippen molar-refractivity contribution in [3.05, 3.63) is 53.0 Å². The molecular formula is C28H29F3N4O5. The summed E-state index contributed by atoms with van der Waals surface area (Å²) < 4.78 is 60.4. The Morgan fingerprint density at radius 2 is 1.82 bits per heavy atom. The Hall–Kier alpha value is -3.67. The van der Waals surface area contributed by atoms with Gasteiger partial charge in [0.25, 0.3) is 0 Å². The highest BCUT2D eigenvalue weighted by molar-refractivity contribution is 5.87. The van der Waals surface area contributed by atoms with Crippen LogP contribution < -0.4 is 9.64 Å². The van der Waals surface area contributed by atoms with Gasteiger partial charge in [0.15, 0.2) is 5.69 Å². The van der Waals surface area contributed by atoms with Crippen LogP contribution in [0.5, 0.6) is 5.75 Å². The second-order valence-corrected chi connectivity index (χ2v) is 10.6. The quantitative estimate of drug-likeness (QED) is 0.322. The van der Waals surface area contributed by atoms with Gasteiger partial charge in [-0.3, -0.25) is 0 Å². The molecule has 0 amide bonds. The van der Waals surface area contributed by atoms with Crippen LogP contribution in [0, 0.1) is 6.92 Å². The van der Waals surface area contributed by atoms with Crippen LogP contribution in [0.3, 0.4) is 0 Å².